The fourth-order valence-corrected chi connectivity index (χ4v) is 2.99. The summed E-state index contributed by atoms with van der Waals surface area (Å²) in [5.41, 5.74) is 0.947. The Morgan fingerprint density at radius 2 is 2.09 bits per heavy atom. The van der Waals surface area contributed by atoms with Crippen LogP contribution in [0.3, 0.4) is 0 Å². The number of hydrogen-bond acceptors (Lipinski definition) is 5. The third kappa shape index (κ3) is 2.86. The third-order valence-corrected chi connectivity index (χ3v) is 4.07. The van der Waals surface area contributed by atoms with Crippen LogP contribution in [0, 0.1) is 0 Å². The molecule has 1 unspecified atom stereocenters. The molecule has 2 aromatic rings. The summed E-state index contributed by atoms with van der Waals surface area (Å²) in [7, 11) is 4.22. The van der Waals surface area contributed by atoms with E-state index in [0.717, 1.165) is 36.2 Å². The van der Waals surface area contributed by atoms with Crippen LogP contribution in [-0.2, 0) is 0 Å². The molecule has 0 radical (unpaired) electrons. The normalized spacial score (nSPS) is 18.4. The molecule has 1 aromatic heterocycles. The molecule has 1 atom stereocenters. The lowest BCUT2D eigenvalue weighted by molar-refractivity contribution is 0.294. The standard InChI is InChI=1S/C17H24N4O/c1-4-12-22-16-13-8-5-6-9-14(13)18-17(19-16)21-11-7-10-15(21)20(2)3/h5-6,8-9,15H,4,7,10-12H2,1-3H3. The predicted molar refractivity (Wildman–Crippen MR) is 89.4 cm³/mol. The zero-order valence-corrected chi connectivity index (χ0v) is 13.6. The monoisotopic (exact) mass is 300 g/mol. The number of fused-ring (bicyclic) bond motifs is 1. The van der Waals surface area contributed by atoms with Crippen molar-refractivity contribution in [1.82, 2.24) is 14.9 Å². The molecule has 5 heteroatoms. The number of ether oxygens (including phenoxy) is 1. The van der Waals surface area contributed by atoms with E-state index in [-0.39, 0.29) is 0 Å². The summed E-state index contributed by atoms with van der Waals surface area (Å²) in [5.74, 6) is 1.48. The highest BCUT2D eigenvalue weighted by molar-refractivity contribution is 5.84. The molecular formula is C17H24N4O. The van der Waals surface area contributed by atoms with Gasteiger partial charge in [-0.25, -0.2) is 4.98 Å². The van der Waals surface area contributed by atoms with Gasteiger partial charge in [-0.1, -0.05) is 19.1 Å². The third-order valence-electron chi connectivity index (χ3n) is 4.07. The molecule has 1 aliphatic heterocycles. The summed E-state index contributed by atoms with van der Waals surface area (Å²) in [4.78, 5) is 14.0. The van der Waals surface area contributed by atoms with Crippen molar-refractivity contribution in [2.45, 2.75) is 32.4 Å². The van der Waals surface area contributed by atoms with E-state index in [9.17, 15) is 0 Å². The number of nitrogens with zero attached hydrogens (tertiary/aromatic N) is 4. The predicted octanol–water partition coefficient (Wildman–Crippen LogP) is 2.91. The zero-order chi connectivity index (χ0) is 15.5. The van der Waals surface area contributed by atoms with E-state index in [0.29, 0.717) is 18.7 Å². The maximum absolute atomic E-state index is 5.87. The van der Waals surface area contributed by atoms with E-state index in [1.165, 1.54) is 6.42 Å². The first-order valence-electron chi connectivity index (χ1n) is 8.03. The second-order valence-corrected chi connectivity index (χ2v) is 5.97. The second-order valence-electron chi connectivity index (χ2n) is 5.97. The molecule has 1 fully saturated rings. The molecule has 118 valence electrons. The van der Waals surface area contributed by atoms with Crippen molar-refractivity contribution in [2.24, 2.45) is 0 Å². The molecule has 0 spiro atoms. The fourth-order valence-electron chi connectivity index (χ4n) is 2.99. The second kappa shape index (κ2) is 6.48. The minimum absolute atomic E-state index is 0.361. The van der Waals surface area contributed by atoms with Gasteiger partial charge in [0.15, 0.2) is 0 Å². The maximum atomic E-state index is 5.87. The summed E-state index contributed by atoms with van der Waals surface area (Å²) in [6.07, 6.45) is 3.65. The molecule has 5 nitrogen and oxygen atoms in total. The zero-order valence-electron chi connectivity index (χ0n) is 13.6. The van der Waals surface area contributed by atoms with Crippen LogP contribution < -0.4 is 9.64 Å². The first-order valence-corrected chi connectivity index (χ1v) is 8.03. The Hall–Kier alpha value is -1.88. The number of benzene rings is 1. The smallest absolute Gasteiger partial charge is 0.230 e. The van der Waals surface area contributed by atoms with E-state index in [1.807, 2.05) is 24.3 Å². The summed E-state index contributed by atoms with van der Waals surface area (Å²) in [6, 6.07) is 8.07. The van der Waals surface area contributed by atoms with Crippen molar-refractivity contribution in [3.8, 4) is 5.88 Å². The molecule has 1 aromatic carbocycles. The van der Waals surface area contributed by atoms with Crippen LogP contribution in [0.15, 0.2) is 24.3 Å². The number of para-hydroxylation sites is 1. The fraction of sp³-hybridized carbons (Fsp3) is 0.529. The quantitative estimate of drug-likeness (QED) is 0.849. The highest BCUT2D eigenvalue weighted by Crippen LogP contribution is 2.29. The van der Waals surface area contributed by atoms with Gasteiger partial charge in [-0.3, -0.25) is 4.90 Å². The number of hydrogen-bond donors (Lipinski definition) is 0. The lowest BCUT2D eigenvalue weighted by Crippen LogP contribution is -2.41. The van der Waals surface area contributed by atoms with E-state index in [4.69, 9.17) is 14.7 Å². The maximum Gasteiger partial charge on any atom is 0.230 e. The summed E-state index contributed by atoms with van der Waals surface area (Å²) < 4.78 is 5.87. The van der Waals surface area contributed by atoms with Gasteiger partial charge in [0.2, 0.25) is 11.8 Å². The Balaban J connectivity index is 2.02. The molecule has 3 rings (SSSR count). The van der Waals surface area contributed by atoms with E-state index >= 15 is 0 Å². The van der Waals surface area contributed by atoms with Gasteiger partial charge in [0, 0.05) is 6.54 Å². The first-order chi connectivity index (χ1) is 10.7. The number of rotatable bonds is 5. The van der Waals surface area contributed by atoms with E-state index < -0.39 is 0 Å². The van der Waals surface area contributed by atoms with Gasteiger partial charge in [-0.05, 0) is 45.5 Å². The molecular weight excluding hydrogens is 276 g/mol. The van der Waals surface area contributed by atoms with Crippen LogP contribution >= 0.6 is 0 Å². The van der Waals surface area contributed by atoms with Crippen molar-refractivity contribution in [3.63, 3.8) is 0 Å². The minimum Gasteiger partial charge on any atom is -0.477 e. The largest absolute Gasteiger partial charge is 0.477 e. The van der Waals surface area contributed by atoms with Crippen LogP contribution in [0.4, 0.5) is 5.95 Å². The van der Waals surface area contributed by atoms with Crippen LogP contribution in [0.2, 0.25) is 0 Å². The van der Waals surface area contributed by atoms with Crippen LogP contribution in [0.1, 0.15) is 26.2 Å². The number of anilines is 1. The SMILES string of the molecule is CCCOc1nc(N2CCCC2N(C)C)nc2ccccc12. The first kappa shape index (κ1) is 15.0. The highest BCUT2D eigenvalue weighted by atomic mass is 16.5. The van der Waals surface area contributed by atoms with Gasteiger partial charge in [-0.2, -0.15) is 4.98 Å². The Labute approximate surface area is 131 Å². The van der Waals surface area contributed by atoms with E-state index in [1.54, 1.807) is 0 Å². The van der Waals surface area contributed by atoms with Gasteiger partial charge < -0.3 is 9.64 Å². The van der Waals surface area contributed by atoms with Crippen molar-refractivity contribution in [2.75, 3.05) is 32.1 Å². The average molecular weight is 300 g/mol. The molecule has 22 heavy (non-hydrogen) atoms. The summed E-state index contributed by atoms with van der Waals surface area (Å²) >= 11 is 0. The topological polar surface area (TPSA) is 41.5 Å². The minimum atomic E-state index is 0.361. The van der Waals surface area contributed by atoms with Crippen LogP contribution in [0.25, 0.3) is 10.9 Å². The molecule has 0 saturated carbocycles. The van der Waals surface area contributed by atoms with Gasteiger partial charge >= 0.3 is 0 Å². The van der Waals surface area contributed by atoms with Crippen molar-refractivity contribution < 1.29 is 4.74 Å². The Morgan fingerprint density at radius 1 is 1.27 bits per heavy atom. The lowest BCUT2D eigenvalue weighted by atomic mass is 10.2. The molecule has 1 aliphatic rings. The molecule has 0 N–H and O–H groups in total. The Morgan fingerprint density at radius 3 is 2.86 bits per heavy atom. The molecule has 0 amide bonds. The number of aromatic nitrogens is 2. The van der Waals surface area contributed by atoms with E-state index in [2.05, 4.69) is 30.8 Å². The van der Waals surface area contributed by atoms with Crippen molar-refractivity contribution in [3.05, 3.63) is 24.3 Å². The molecule has 2 heterocycles. The molecule has 0 aliphatic carbocycles. The van der Waals surface area contributed by atoms with Crippen LogP contribution in [0.5, 0.6) is 5.88 Å². The highest BCUT2D eigenvalue weighted by Gasteiger charge is 2.29. The molecule has 0 bridgehead atoms. The lowest BCUT2D eigenvalue weighted by Gasteiger charge is -2.30. The summed E-state index contributed by atoms with van der Waals surface area (Å²) in [5, 5.41) is 0.986. The Bertz CT molecular complexity index is 644. The van der Waals surface area contributed by atoms with Crippen molar-refractivity contribution >= 4 is 16.9 Å². The Kier molecular flexibility index (Phi) is 4.43. The summed E-state index contributed by atoms with van der Waals surface area (Å²) in [6.45, 7) is 3.78. The van der Waals surface area contributed by atoms with Crippen LogP contribution in [-0.4, -0.2) is 48.3 Å². The van der Waals surface area contributed by atoms with Gasteiger partial charge in [-0.15, -0.1) is 0 Å². The van der Waals surface area contributed by atoms with Gasteiger partial charge in [0.25, 0.3) is 0 Å². The molecule has 1 saturated heterocycles. The van der Waals surface area contributed by atoms with Crippen molar-refractivity contribution in [1.29, 1.82) is 0 Å². The van der Waals surface area contributed by atoms with Gasteiger partial charge in [0.05, 0.1) is 23.7 Å². The van der Waals surface area contributed by atoms with Gasteiger partial charge in [0.1, 0.15) is 0 Å². The average Bonchev–Trinajstić information content (AvgIpc) is 3.02.